The Kier molecular flexibility index (Phi) is 4.07. The molecule has 0 heterocycles. The van der Waals surface area contributed by atoms with E-state index in [0.717, 1.165) is 12.1 Å². The van der Waals surface area contributed by atoms with Gasteiger partial charge < -0.3 is 10.4 Å². The summed E-state index contributed by atoms with van der Waals surface area (Å²) in [6, 6.07) is 8.09. The standard InChI is InChI=1S/C13H8BrClFNO2/c14-10-4-1-7(15)5-11(10)17-13(19)9-3-2-8(16)6-12(9)18/h1-6,18H,(H,17,19). The van der Waals surface area contributed by atoms with Crippen LogP contribution in [-0.4, -0.2) is 11.0 Å². The fraction of sp³-hybridized carbons (Fsp3) is 0. The second-order valence-electron chi connectivity index (χ2n) is 3.74. The van der Waals surface area contributed by atoms with Gasteiger partial charge in [-0.05, 0) is 46.3 Å². The van der Waals surface area contributed by atoms with Crippen molar-refractivity contribution in [2.75, 3.05) is 5.32 Å². The van der Waals surface area contributed by atoms with Gasteiger partial charge in [-0.15, -0.1) is 0 Å². The molecule has 19 heavy (non-hydrogen) atoms. The molecule has 0 fully saturated rings. The largest absolute Gasteiger partial charge is 0.507 e. The number of benzene rings is 2. The van der Waals surface area contributed by atoms with Crippen LogP contribution in [0.5, 0.6) is 5.75 Å². The van der Waals surface area contributed by atoms with Crippen molar-refractivity contribution in [3.63, 3.8) is 0 Å². The molecule has 0 saturated carbocycles. The number of hydrogen-bond acceptors (Lipinski definition) is 2. The molecule has 2 rings (SSSR count). The highest BCUT2D eigenvalue weighted by Gasteiger charge is 2.13. The minimum absolute atomic E-state index is 0.0201. The lowest BCUT2D eigenvalue weighted by atomic mass is 10.2. The van der Waals surface area contributed by atoms with Crippen molar-refractivity contribution >= 4 is 39.1 Å². The Morgan fingerprint density at radius 1 is 1.26 bits per heavy atom. The van der Waals surface area contributed by atoms with E-state index in [2.05, 4.69) is 21.2 Å². The molecule has 0 spiro atoms. The maximum atomic E-state index is 12.8. The SMILES string of the molecule is O=C(Nc1cc(Cl)ccc1Br)c1ccc(F)cc1O. The van der Waals surface area contributed by atoms with Gasteiger partial charge >= 0.3 is 0 Å². The first-order chi connectivity index (χ1) is 8.97. The van der Waals surface area contributed by atoms with E-state index in [4.69, 9.17) is 11.6 Å². The molecule has 0 aliphatic heterocycles. The molecule has 0 bridgehead atoms. The smallest absolute Gasteiger partial charge is 0.259 e. The van der Waals surface area contributed by atoms with Crippen molar-refractivity contribution in [1.29, 1.82) is 0 Å². The highest BCUT2D eigenvalue weighted by molar-refractivity contribution is 9.10. The fourth-order valence-electron chi connectivity index (χ4n) is 1.48. The molecule has 0 atom stereocenters. The van der Waals surface area contributed by atoms with E-state index in [9.17, 15) is 14.3 Å². The van der Waals surface area contributed by atoms with E-state index >= 15 is 0 Å². The van der Waals surface area contributed by atoms with Crippen molar-refractivity contribution in [2.45, 2.75) is 0 Å². The lowest BCUT2D eigenvalue weighted by Gasteiger charge is -2.09. The van der Waals surface area contributed by atoms with Crippen molar-refractivity contribution < 1.29 is 14.3 Å². The summed E-state index contributed by atoms with van der Waals surface area (Å²) in [6.45, 7) is 0. The van der Waals surface area contributed by atoms with Crippen LogP contribution in [0.25, 0.3) is 0 Å². The number of nitrogens with one attached hydrogen (secondary N) is 1. The average molecular weight is 345 g/mol. The molecule has 1 amide bonds. The third kappa shape index (κ3) is 3.24. The van der Waals surface area contributed by atoms with Crippen LogP contribution in [0, 0.1) is 5.82 Å². The number of aromatic hydroxyl groups is 1. The number of hydrogen-bond donors (Lipinski definition) is 2. The molecule has 3 nitrogen and oxygen atoms in total. The summed E-state index contributed by atoms with van der Waals surface area (Å²) >= 11 is 9.09. The van der Waals surface area contributed by atoms with Crippen molar-refractivity contribution in [1.82, 2.24) is 0 Å². The Hall–Kier alpha value is -1.59. The van der Waals surface area contributed by atoms with Gasteiger partial charge in [0, 0.05) is 15.6 Å². The minimum atomic E-state index is -0.613. The highest BCUT2D eigenvalue weighted by Crippen LogP contribution is 2.27. The third-order valence-electron chi connectivity index (χ3n) is 2.38. The van der Waals surface area contributed by atoms with Crippen molar-refractivity contribution in [3.8, 4) is 5.75 Å². The summed E-state index contributed by atoms with van der Waals surface area (Å²) in [5.41, 5.74) is 0.439. The number of phenolic OH excluding ortho intramolecular Hbond substituents is 1. The maximum Gasteiger partial charge on any atom is 0.259 e. The van der Waals surface area contributed by atoms with Gasteiger partial charge in [0.15, 0.2) is 0 Å². The molecule has 0 saturated heterocycles. The number of carbonyl (C=O) groups is 1. The van der Waals surface area contributed by atoms with Crippen LogP contribution < -0.4 is 5.32 Å². The van der Waals surface area contributed by atoms with E-state index < -0.39 is 17.5 Å². The molecule has 0 aliphatic carbocycles. The first-order valence-corrected chi connectivity index (χ1v) is 6.39. The monoisotopic (exact) mass is 343 g/mol. The lowest BCUT2D eigenvalue weighted by molar-refractivity contribution is 0.102. The van der Waals surface area contributed by atoms with Gasteiger partial charge in [0.05, 0.1) is 11.3 Å². The maximum absolute atomic E-state index is 12.8. The predicted molar refractivity (Wildman–Crippen MR) is 75.2 cm³/mol. The number of rotatable bonds is 2. The highest BCUT2D eigenvalue weighted by atomic mass is 79.9. The molecular formula is C13H8BrClFNO2. The summed E-state index contributed by atoms with van der Waals surface area (Å²) in [7, 11) is 0. The second kappa shape index (κ2) is 5.59. The third-order valence-corrected chi connectivity index (χ3v) is 3.31. The van der Waals surface area contributed by atoms with Crippen molar-refractivity contribution in [2.24, 2.45) is 0 Å². The average Bonchev–Trinajstić information content (AvgIpc) is 2.33. The quantitative estimate of drug-likeness (QED) is 0.858. The van der Waals surface area contributed by atoms with Gasteiger partial charge in [-0.2, -0.15) is 0 Å². The number of anilines is 1. The van der Waals surface area contributed by atoms with E-state index in [1.54, 1.807) is 18.2 Å². The van der Waals surface area contributed by atoms with Gasteiger partial charge in [-0.25, -0.2) is 4.39 Å². The Bertz CT molecular complexity index is 649. The Morgan fingerprint density at radius 3 is 2.68 bits per heavy atom. The first-order valence-electron chi connectivity index (χ1n) is 5.22. The summed E-state index contributed by atoms with van der Waals surface area (Å²) in [5.74, 6) is -1.59. The number of halogens is 3. The first kappa shape index (κ1) is 13.8. The fourth-order valence-corrected chi connectivity index (χ4v) is 2.00. The predicted octanol–water partition coefficient (Wildman–Crippen LogP) is 4.20. The molecule has 98 valence electrons. The van der Waals surface area contributed by atoms with Gasteiger partial charge in [-0.1, -0.05) is 11.6 Å². The van der Waals surface area contributed by atoms with Crippen LogP contribution in [0.4, 0.5) is 10.1 Å². The van der Waals surface area contributed by atoms with Crippen LogP contribution in [-0.2, 0) is 0 Å². The van der Waals surface area contributed by atoms with Crippen molar-refractivity contribution in [3.05, 3.63) is 57.3 Å². The minimum Gasteiger partial charge on any atom is -0.507 e. The van der Waals surface area contributed by atoms with Gasteiger partial charge in [-0.3, -0.25) is 4.79 Å². The van der Waals surface area contributed by atoms with Crippen LogP contribution in [0.15, 0.2) is 40.9 Å². The number of phenols is 1. The van der Waals surface area contributed by atoms with Gasteiger partial charge in [0.25, 0.3) is 5.91 Å². The van der Waals surface area contributed by atoms with E-state index in [1.807, 2.05) is 0 Å². The summed E-state index contributed by atoms with van der Waals surface area (Å²) in [5, 5.41) is 12.6. The van der Waals surface area contributed by atoms with E-state index in [0.29, 0.717) is 15.2 Å². The zero-order valence-corrected chi connectivity index (χ0v) is 11.8. The molecule has 0 radical (unpaired) electrons. The molecule has 0 aliphatic rings. The van der Waals surface area contributed by atoms with Crippen LogP contribution in [0.3, 0.4) is 0 Å². The van der Waals surface area contributed by atoms with Crippen LogP contribution in [0.1, 0.15) is 10.4 Å². The molecule has 0 aromatic heterocycles. The van der Waals surface area contributed by atoms with Crippen LogP contribution in [0.2, 0.25) is 5.02 Å². The molecule has 2 N–H and O–H groups in total. The number of amides is 1. The lowest BCUT2D eigenvalue weighted by Crippen LogP contribution is -2.12. The Balaban J connectivity index is 2.28. The van der Waals surface area contributed by atoms with Crippen LogP contribution >= 0.6 is 27.5 Å². The molecule has 2 aromatic carbocycles. The topological polar surface area (TPSA) is 49.3 Å². The zero-order chi connectivity index (χ0) is 14.0. The summed E-state index contributed by atoms with van der Waals surface area (Å²) in [4.78, 5) is 12.0. The zero-order valence-electron chi connectivity index (χ0n) is 9.45. The molecular weight excluding hydrogens is 337 g/mol. The molecule has 2 aromatic rings. The Labute approximate surface area is 122 Å². The second-order valence-corrected chi connectivity index (χ2v) is 5.03. The normalized spacial score (nSPS) is 10.3. The Morgan fingerprint density at radius 2 is 2.00 bits per heavy atom. The molecule has 6 heteroatoms. The molecule has 0 unspecified atom stereocenters. The number of carbonyl (C=O) groups excluding carboxylic acids is 1. The summed E-state index contributed by atoms with van der Waals surface area (Å²) < 4.78 is 13.5. The van der Waals surface area contributed by atoms with E-state index in [1.165, 1.54) is 6.07 Å². The van der Waals surface area contributed by atoms with Gasteiger partial charge in [0.2, 0.25) is 0 Å². The van der Waals surface area contributed by atoms with E-state index in [-0.39, 0.29) is 5.56 Å². The van der Waals surface area contributed by atoms with Gasteiger partial charge in [0.1, 0.15) is 11.6 Å². The summed E-state index contributed by atoms with van der Waals surface area (Å²) in [6.07, 6.45) is 0.